The zero-order chi connectivity index (χ0) is 14.3. The second-order valence-electron chi connectivity index (χ2n) is 4.54. The topological polar surface area (TPSA) is 91.3 Å². The zero-order valence-electron chi connectivity index (χ0n) is 11.1. The average Bonchev–Trinajstić information content (AvgIpc) is 2.33. The van der Waals surface area contributed by atoms with Gasteiger partial charge in [-0.1, -0.05) is 13.0 Å². The first-order valence-electron chi connectivity index (χ1n) is 6.13. The Morgan fingerprint density at radius 1 is 1.37 bits per heavy atom. The van der Waals surface area contributed by atoms with Gasteiger partial charge in [-0.25, -0.2) is 4.79 Å². The molecular weight excluding hydrogens is 246 g/mol. The van der Waals surface area contributed by atoms with Crippen LogP contribution < -0.4 is 10.6 Å². The zero-order valence-corrected chi connectivity index (χ0v) is 11.1. The second-order valence-corrected chi connectivity index (χ2v) is 4.54. The van der Waals surface area contributed by atoms with Gasteiger partial charge in [-0.15, -0.1) is 0 Å². The molecular formula is C13H19N3O3. The van der Waals surface area contributed by atoms with Gasteiger partial charge in [0.15, 0.2) is 0 Å². The maximum Gasteiger partial charge on any atom is 0.315 e. The van der Waals surface area contributed by atoms with Gasteiger partial charge < -0.3 is 15.7 Å². The Labute approximate surface area is 112 Å². The van der Waals surface area contributed by atoms with Crippen LogP contribution in [0.3, 0.4) is 0 Å². The molecule has 0 saturated carbocycles. The van der Waals surface area contributed by atoms with E-state index in [1.165, 1.54) is 0 Å². The number of carbonyl (C=O) groups excluding carboxylic acids is 1. The molecule has 0 fully saturated rings. The Bertz CT molecular complexity index is 449. The van der Waals surface area contributed by atoms with E-state index in [2.05, 4.69) is 15.6 Å². The Morgan fingerprint density at radius 2 is 2.11 bits per heavy atom. The quantitative estimate of drug-likeness (QED) is 0.723. The molecule has 0 aromatic carbocycles. The molecule has 0 radical (unpaired) electrons. The maximum atomic E-state index is 11.5. The lowest BCUT2D eigenvalue weighted by atomic mass is 10.1. The molecule has 6 heteroatoms. The highest BCUT2D eigenvalue weighted by Gasteiger charge is 2.09. The van der Waals surface area contributed by atoms with E-state index in [-0.39, 0.29) is 18.4 Å². The summed E-state index contributed by atoms with van der Waals surface area (Å²) in [6, 6.07) is 5.28. The third-order valence-corrected chi connectivity index (χ3v) is 2.51. The van der Waals surface area contributed by atoms with Gasteiger partial charge in [-0.2, -0.15) is 0 Å². The number of aromatic nitrogens is 1. The SMILES string of the molecule is Cc1cccc(CNC(=O)NCC(C)CC(=O)O)n1. The van der Waals surface area contributed by atoms with Crippen LogP contribution in [0.25, 0.3) is 0 Å². The number of nitrogens with one attached hydrogen (secondary N) is 2. The molecule has 0 aliphatic heterocycles. The molecule has 2 amide bonds. The van der Waals surface area contributed by atoms with Crippen molar-refractivity contribution in [2.75, 3.05) is 6.54 Å². The molecule has 0 spiro atoms. The highest BCUT2D eigenvalue weighted by atomic mass is 16.4. The third-order valence-electron chi connectivity index (χ3n) is 2.51. The van der Waals surface area contributed by atoms with Gasteiger partial charge in [0.1, 0.15) is 0 Å². The number of amides is 2. The molecule has 1 unspecified atom stereocenters. The lowest BCUT2D eigenvalue weighted by Crippen LogP contribution is -2.37. The van der Waals surface area contributed by atoms with Crippen molar-refractivity contribution in [2.24, 2.45) is 5.92 Å². The second kappa shape index (κ2) is 7.35. The monoisotopic (exact) mass is 265 g/mol. The highest BCUT2D eigenvalue weighted by molar-refractivity contribution is 5.74. The largest absolute Gasteiger partial charge is 0.481 e. The number of rotatable bonds is 6. The molecule has 1 heterocycles. The van der Waals surface area contributed by atoms with Crippen LogP contribution in [0.2, 0.25) is 0 Å². The van der Waals surface area contributed by atoms with E-state index in [1.54, 1.807) is 6.92 Å². The van der Waals surface area contributed by atoms with Crippen LogP contribution in [0.1, 0.15) is 24.7 Å². The first kappa shape index (κ1) is 14.9. The maximum absolute atomic E-state index is 11.5. The van der Waals surface area contributed by atoms with Gasteiger partial charge in [0, 0.05) is 18.7 Å². The van der Waals surface area contributed by atoms with Gasteiger partial charge in [-0.3, -0.25) is 9.78 Å². The molecule has 104 valence electrons. The van der Waals surface area contributed by atoms with Crippen molar-refractivity contribution >= 4 is 12.0 Å². The number of aryl methyl sites for hydroxylation is 1. The van der Waals surface area contributed by atoms with Crippen molar-refractivity contribution in [2.45, 2.75) is 26.8 Å². The summed E-state index contributed by atoms with van der Waals surface area (Å²) in [4.78, 5) is 26.2. The van der Waals surface area contributed by atoms with Gasteiger partial charge in [0.05, 0.1) is 12.2 Å². The van der Waals surface area contributed by atoms with Crippen LogP contribution in [0.15, 0.2) is 18.2 Å². The third kappa shape index (κ3) is 6.40. The molecule has 1 rings (SSSR count). The molecule has 3 N–H and O–H groups in total. The molecule has 0 saturated heterocycles. The molecule has 6 nitrogen and oxygen atoms in total. The fourth-order valence-electron chi connectivity index (χ4n) is 1.57. The minimum atomic E-state index is -0.862. The van der Waals surface area contributed by atoms with Gasteiger partial charge in [0.2, 0.25) is 0 Å². The van der Waals surface area contributed by atoms with Crippen LogP contribution in [0.4, 0.5) is 4.79 Å². The van der Waals surface area contributed by atoms with E-state index in [1.807, 2.05) is 25.1 Å². The van der Waals surface area contributed by atoms with Gasteiger partial charge >= 0.3 is 12.0 Å². The minimum absolute atomic E-state index is 0.0414. The number of hydrogen-bond donors (Lipinski definition) is 3. The smallest absolute Gasteiger partial charge is 0.315 e. The van der Waals surface area contributed by atoms with Crippen LogP contribution in [-0.4, -0.2) is 28.6 Å². The summed E-state index contributed by atoms with van der Waals surface area (Å²) < 4.78 is 0. The van der Waals surface area contributed by atoms with Crippen molar-refractivity contribution in [1.82, 2.24) is 15.6 Å². The summed E-state index contributed by atoms with van der Waals surface area (Å²) in [6.07, 6.45) is 0.0414. The molecule has 0 aliphatic rings. The number of hydrogen-bond acceptors (Lipinski definition) is 3. The predicted octanol–water partition coefficient (Wildman–Crippen LogP) is 1.30. The number of pyridine rings is 1. The van der Waals surface area contributed by atoms with Gasteiger partial charge in [0.25, 0.3) is 0 Å². The first-order chi connectivity index (χ1) is 8.97. The molecule has 1 aromatic heterocycles. The van der Waals surface area contributed by atoms with E-state index in [9.17, 15) is 9.59 Å². The Morgan fingerprint density at radius 3 is 2.74 bits per heavy atom. The summed E-state index contributed by atoms with van der Waals surface area (Å²) in [5.41, 5.74) is 1.68. The molecule has 1 aromatic rings. The Kier molecular flexibility index (Phi) is 5.78. The fourth-order valence-corrected chi connectivity index (χ4v) is 1.57. The summed E-state index contributed by atoms with van der Waals surface area (Å²) >= 11 is 0. The normalized spacial score (nSPS) is 11.7. The summed E-state index contributed by atoms with van der Waals surface area (Å²) in [6.45, 7) is 4.34. The molecule has 0 aliphatic carbocycles. The summed E-state index contributed by atoms with van der Waals surface area (Å²) in [5, 5.41) is 13.9. The standard InChI is InChI=1S/C13H19N3O3/c1-9(6-12(17)18)7-14-13(19)15-8-11-5-3-4-10(2)16-11/h3-5,9H,6-8H2,1-2H3,(H,17,18)(H2,14,15,19). The van der Waals surface area contributed by atoms with Crippen LogP contribution >= 0.6 is 0 Å². The van der Waals surface area contributed by atoms with E-state index < -0.39 is 5.97 Å². The van der Waals surface area contributed by atoms with E-state index in [4.69, 9.17) is 5.11 Å². The van der Waals surface area contributed by atoms with Crippen molar-refractivity contribution in [3.63, 3.8) is 0 Å². The Balaban J connectivity index is 2.26. The predicted molar refractivity (Wildman–Crippen MR) is 70.6 cm³/mol. The number of carboxylic acid groups (broad SMARTS) is 1. The Hall–Kier alpha value is -2.11. The fraction of sp³-hybridized carbons (Fsp3) is 0.462. The number of urea groups is 1. The molecule has 1 atom stereocenters. The van der Waals surface area contributed by atoms with Crippen molar-refractivity contribution in [1.29, 1.82) is 0 Å². The number of aliphatic carboxylic acids is 1. The summed E-state index contributed by atoms with van der Waals surface area (Å²) in [7, 11) is 0. The summed E-state index contributed by atoms with van der Waals surface area (Å²) in [5.74, 6) is -0.959. The van der Waals surface area contributed by atoms with Crippen LogP contribution in [0, 0.1) is 12.8 Å². The minimum Gasteiger partial charge on any atom is -0.481 e. The van der Waals surface area contributed by atoms with Gasteiger partial charge in [-0.05, 0) is 25.0 Å². The number of nitrogens with zero attached hydrogens (tertiary/aromatic N) is 1. The first-order valence-corrected chi connectivity index (χ1v) is 6.13. The number of carboxylic acids is 1. The average molecular weight is 265 g/mol. The number of carbonyl (C=O) groups is 2. The molecule has 0 bridgehead atoms. The van der Waals surface area contributed by atoms with Crippen molar-refractivity contribution in [3.05, 3.63) is 29.6 Å². The van der Waals surface area contributed by atoms with Crippen LogP contribution in [0.5, 0.6) is 0 Å². The van der Waals surface area contributed by atoms with Crippen molar-refractivity contribution < 1.29 is 14.7 Å². The lowest BCUT2D eigenvalue weighted by molar-refractivity contribution is -0.137. The van der Waals surface area contributed by atoms with E-state index in [0.717, 1.165) is 11.4 Å². The van der Waals surface area contributed by atoms with Crippen LogP contribution in [-0.2, 0) is 11.3 Å². The van der Waals surface area contributed by atoms with Crippen molar-refractivity contribution in [3.8, 4) is 0 Å². The highest BCUT2D eigenvalue weighted by Crippen LogP contribution is 1.99. The van der Waals surface area contributed by atoms with E-state index in [0.29, 0.717) is 13.1 Å². The lowest BCUT2D eigenvalue weighted by Gasteiger charge is -2.11. The molecule has 19 heavy (non-hydrogen) atoms. The van der Waals surface area contributed by atoms with E-state index >= 15 is 0 Å².